The number of unbranched alkanes of at least 4 members (excludes halogenated alkanes) is 10. The van der Waals surface area contributed by atoms with Crippen LogP contribution in [0.1, 0.15) is 113 Å². The molecule has 0 aliphatic heterocycles. The van der Waals surface area contributed by atoms with Crippen LogP contribution in [0.3, 0.4) is 0 Å². The topological polar surface area (TPSA) is 31.4 Å². The SMILES string of the molecule is CCCCCCCCOc1cc2c(cc1OCCCCCCCC)C1(c3cc(Br)ccc3-c3ccc(Br)cc31)c1ncccc1-2. The van der Waals surface area contributed by atoms with Crippen molar-refractivity contribution in [1.82, 2.24) is 4.98 Å². The number of halogens is 2. The summed E-state index contributed by atoms with van der Waals surface area (Å²) in [5, 5.41) is 0. The van der Waals surface area contributed by atoms with Gasteiger partial charge in [-0.25, -0.2) is 0 Å². The Bertz CT molecular complexity index is 1580. The van der Waals surface area contributed by atoms with Crippen LogP contribution < -0.4 is 9.47 Å². The van der Waals surface area contributed by atoms with Gasteiger partial charge >= 0.3 is 0 Å². The molecule has 2 aliphatic carbocycles. The summed E-state index contributed by atoms with van der Waals surface area (Å²) in [7, 11) is 0. The third-order valence-electron chi connectivity index (χ3n) is 9.51. The molecule has 1 spiro atoms. The zero-order valence-corrected chi connectivity index (χ0v) is 29.9. The summed E-state index contributed by atoms with van der Waals surface area (Å²) >= 11 is 7.61. The summed E-state index contributed by atoms with van der Waals surface area (Å²) in [5.41, 5.74) is 9.12. The van der Waals surface area contributed by atoms with Gasteiger partial charge in [0, 0.05) is 20.7 Å². The minimum absolute atomic E-state index is 0.541. The predicted octanol–water partition coefficient (Wildman–Crippen LogP) is 12.4. The van der Waals surface area contributed by atoms with Crippen molar-refractivity contribution in [3.05, 3.63) is 98.2 Å². The summed E-state index contributed by atoms with van der Waals surface area (Å²) in [6.45, 7) is 5.93. The molecule has 0 N–H and O–H groups in total. The fraction of sp³-hybridized carbons (Fsp3) is 0.425. The van der Waals surface area contributed by atoms with E-state index in [4.69, 9.17) is 14.5 Å². The highest BCUT2D eigenvalue weighted by atomic mass is 79.9. The number of nitrogens with zero attached hydrogens (tertiary/aromatic N) is 1. The van der Waals surface area contributed by atoms with Crippen LogP contribution in [0, 0.1) is 0 Å². The lowest BCUT2D eigenvalue weighted by Gasteiger charge is -2.30. The van der Waals surface area contributed by atoms with Crippen LogP contribution in [0.25, 0.3) is 22.3 Å². The number of aromatic nitrogens is 1. The fourth-order valence-corrected chi connectivity index (χ4v) is 8.03. The third-order valence-corrected chi connectivity index (χ3v) is 10.5. The molecule has 0 bridgehead atoms. The van der Waals surface area contributed by atoms with Crippen LogP contribution in [0.4, 0.5) is 0 Å². The van der Waals surface area contributed by atoms with Gasteiger partial charge in [-0.3, -0.25) is 4.98 Å². The van der Waals surface area contributed by atoms with Gasteiger partial charge in [-0.15, -0.1) is 0 Å². The number of fused-ring (bicyclic) bond motifs is 10. The van der Waals surface area contributed by atoms with E-state index in [0.717, 1.165) is 44.5 Å². The Kier molecular flexibility index (Phi) is 10.7. The van der Waals surface area contributed by atoms with Gasteiger partial charge in [-0.1, -0.05) is 128 Å². The Hall–Kier alpha value is -2.63. The van der Waals surface area contributed by atoms with Crippen molar-refractivity contribution in [2.24, 2.45) is 0 Å². The summed E-state index contributed by atoms with van der Waals surface area (Å²) < 4.78 is 15.3. The van der Waals surface area contributed by atoms with E-state index in [9.17, 15) is 0 Å². The number of ether oxygens (including phenoxy) is 2. The van der Waals surface area contributed by atoms with Gasteiger partial charge in [0.15, 0.2) is 11.5 Å². The largest absolute Gasteiger partial charge is 0.490 e. The fourth-order valence-electron chi connectivity index (χ4n) is 7.31. The summed E-state index contributed by atoms with van der Waals surface area (Å²) in [4.78, 5) is 5.14. The van der Waals surface area contributed by atoms with Gasteiger partial charge in [0.25, 0.3) is 0 Å². The van der Waals surface area contributed by atoms with Gasteiger partial charge in [0.2, 0.25) is 0 Å². The zero-order chi connectivity index (χ0) is 31.2. The first-order valence-electron chi connectivity index (χ1n) is 17.1. The average molecular weight is 732 g/mol. The molecule has 2 aliphatic rings. The third kappa shape index (κ3) is 6.37. The van der Waals surface area contributed by atoms with E-state index in [0.29, 0.717) is 13.2 Å². The first-order chi connectivity index (χ1) is 22.1. The van der Waals surface area contributed by atoms with E-state index in [1.165, 1.54) is 97.6 Å². The summed E-state index contributed by atoms with van der Waals surface area (Å²) in [6.07, 6.45) is 16.8. The average Bonchev–Trinajstić information content (AvgIpc) is 3.49. The lowest BCUT2D eigenvalue weighted by Crippen LogP contribution is -2.27. The molecule has 45 heavy (non-hydrogen) atoms. The normalized spacial score (nSPS) is 13.4. The highest BCUT2D eigenvalue weighted by Gasteiger charge is 2.53. The molecule has 236 valence electrons. The predicted molar refractivity (Wildman–Crippen MR) is 194 cm³/mol. The molecular weight excluding hydrogens is 686 g/mol. The van der Waals surface area contributed by atoms with E-state index in [2.05, 4.69) is 106 Å². The van der Waals surface area contributed by atoms with Crippen molar-refractivity contribution >= 4 is 31.9 Å². The van der Waals surface area contributed by atoms with E-state index in [1.807, 2.05) is 6.20 Å². The van der Waals surface area contributed by atoms with Crippen LogP contribution in [0.15, 0.2) is 75.8 Å². The molecule has 0 unspecified atom stereocenters. The molecule has 1 aromatic heterocycles. The van der Waals surface area contributed by atoms with Gasteiger partial charge in [0.05, 0.1) is 24.3 Å². The van der Waals surface area contributed by atoms with Crippen LogP contribution in [-0.2, 0) is 5.41 Å². The molecule has 6 rings (SSSR count). The Morgan fingerprint density at radius 1 is 0.556 bits per heavy atom. The van der Waals surface area contributed by atoms with Crippen molar-refractivity contribution < 1.29 is 9.47 Å². The maximum atomic E-state index is 6.64. The second kappa shape index (κ2) is 14.9. The Labute approximate surface area is 286 Å². The smallest absolute Gasteiger partial charge is 0.161 e. The quantitative estimate of drug-likeness (QED) is 0.0929. The first kappa shape index (κ1) is 32.3. The molecule has 4 aromatic rings. The van der Waals surface area contributed by atoms with E-state index in [1.54, 1.807) is 0 Å². The van der Waals surface area contributed by atoms with Gasteiger partial charge in [-0.05, 0) is 88.7 Å². The molecule has 0 fully saturated rings. The van der Waals surface area contributed by atoms with Crippen molar-refractivity contribution in [3.63, 3.8) is 0 Å². The summed E-state index contributed by atoms with van der Waals surface area (Å²) in [5.74, 6) is 1.70. The lowest BCUT2D eigenvalue weighted by atomic mass is 9.72. The van der Waals surface area contributed by atoms with Crippen molar-refractivity contribution in [2.75, 3.05) is 13.2 Å². The number of rotatable bonds is 16. The Morgan fingerprint density at radius 3 is 1.64 bits per heavy atom. The summed E-state index contributed by atoms with van der Waals surface area (Å²) in [6, 6.07) is 22.2. The van der Waals surface area contributed by atoms with E-state index >= 15 is 0 Å². The van der Waals surface area contributed by atoms with Gasteiger partial charge in [-0.2, -0.15) is 0 Å². The number of pyridine rings is 1. The lowest BCUT2D eigenvalue weighted by molar-refractivity contribution is 0.258. The second-order valence-electron chi connectivity index (χ2n) is 12.6. The molecule has 3 aromatic carbocycles. The van der Waals surface area contributed by atoms with Crippen LogP contribution in [0.5, 0.6) is 11.5 Å². The van der Waals surface area contributed by atoms with Gasteiger partial charge < -0.3 is 9.47 Å². The Balaban J connectivity index is 1.41. The maximum Gasteiger partial charge on any atom is 0.161 e. The number of hydrogen-bond donors (Lipinski definition) is 0. The molecule has 3 nitrogen and oxygen atoms in total. The van der Waals surface area contributed by atoms with Crippen LogP contribution in [0.2, 0.25) is 0 Å². The zero-order valence-electron chi connectivity index (χ0n) is 26.8. The van der Waals surface area contributed by atoms with E-state index in [-0.39, 0.29) is 0 Å². The van der Waals surface area contributed by atoms with Crippen LogP contribution in [-0.4, -0.2) is 18.2 Å². The Morgan fingerprint density at radius 2 is 1.07 bits per heavy atom. The highest BCUT2D eigenvalue weighted by molar-refractivity contribution is 9.10. The minimum atomic E-state index is -0.541. The van der Waals surface area contributed by atoms with Crippen molar-refractivity contribution in [1.29, 1.82) is 0 Å². The standard InChI is InChI=1S/C40H45Br2NO2/c1-3-5-7-9-11-13-22-44-37-26-33-32-16-15-21-43-39(32)40(36(33)27-38(37)45-23-14-12-10-8-6-4-2)34-24-28(41)17-19-30(34)31-20-18-29(42)25-35(31)40/h15-21,24-27H,3-14,22-23H2,1-2H3. The molecule has 1 heterocycles. The highest BCUT2D eigenvalue weighted by Crippen LogP contribution is 2.63. The minimum Gasteiger partial charge on any atom is -0.490 e. The molecule has 5 heteroatoms. The van der Waals surface area contributed by atoms with Crippen molar-refractivity contribution in [2.45, 2.75) is 96.3 Å². The monoisotopic (exact) mass is 729 g/mol. The second-order valence-corrected chi connectivity index (χ2v) is 14.4. The number of benzene rings is 3. The number of hydrogen-bond acceptors (Lipinski definition) is 3. The van der Waals surface area contributed by atoms with E-state index < -0.39 is 5.41 Å². The molecule has 0 saturated heterocycles. The molecular formula is C40H45Br2NO2. The van der Waals surface area contributed by atoms with Gasteiger partial charge in [0.1, 0.15) is 0 Å². The molecule has 0 atom stereocenters. The maximum absolute atomic E-state index is 6.64. The molecule has 0 saturated carbocycles. The molecule has 0 amide bonds. The first-order valence-corrected chi connectivity index (χ1v) is 18.7. The molecule has 0 radical (unpaired) electrons. The van der Waals surface area contributed by atoms with Crippen molar-refractivity contribution in [3.8, 4) is 33.8 Å². The van der Waals surface area contributed by atoms with Crippen LogP contribution >= 0.6 is 31.9 Å².